The highest BCUT2D eigenvalue weighted by Crippen LogP contribution is 2.27. The van der Waals surface area contributed by atoms with E-state index in [1.807, 2.05) is 0 Å². The molecule has 0 bridgehead atoms. The number of rotatable bonds is 1. The van der Waals surface area contributed by atoms with Gasteiger partial charge in [0.25, 0.3) is 0 Å². The maximum Gasteiger partial charge on any atom is 0.184 e. The summed E-state index contributed by atoms with van der Waals surface area (Å²) in [6.07, 6.45) is 0.300. The van der Waals surface area contributed by atoms with E-state index in [1.165, 1.54) is 6.07 Å². The summed E-state index contributed by atoms with van der Waals surface area (Å²) in [6, 6.07) is 4.64. The van der Waals surface area contributed by atoms with Crippen molar-refractivity contribution in [3.63, 3.8) is 0 Å². The van der Waals surface area contributed by atoms with Crippen LogP contribution < -0.4 is 16.9 Å². The third kappa shape index (κ3) is 2.44. The summed E-state index contributed by atoms with van der Waals surface area (Å²) in [5.41, 5.74) is 15.0. The second kappa shape index (κ2) is 4.54. The van der Waals surface area contributed by atoms with E-state index in [2.05, 4.69) is 22.7 Å². The van der Waals surface area contributed by atoms with Gasteiger partial charge in [-0.1, -0.05) is 0 Å². The van der Waals surface area contributed by atoms with Crippen LogP contribution in [0.2, 0.25) is 0 Å². The second-order valence-electron chi connectivity index (χ2n) is 3.86. The van der Waals surface area contributed by atoms with Crippen molar-refractivity contribution in [1.82, 2.24) is 5.43 Å². The molecule has 0 fully saturated rings. The van der Waals surface area contributed by atoms with E-state index in [9.17, 15) is 8.42 Å². The number of hydrogen-bond acceptors (Lipinski definition) is 5. The molecule has 1 aliphatic heterocycles. The van der Waals surface area contributed by atoms with Crippen molar-refractivity contribution in [2.45, 2.75) is 11.3 Å². The molecule has 1 aromatic rings. The Morgan fingerprint density at radius 1 is 1.44 bits per heavy atom. The SMILES string of the molecule is NC(=S)N/N=C1\CCS(=O)(=O)c2ccc(N)cc21. The molecular weight excluding hydrogens is 272 g/mol. The minimum absolute atomic E-state index is 0.0156. The Morgan fingerprint density at radius 3 is 2.83 bits per heavy atom. The summed E-state index contributed by atoms with van der Waals surface area (Å²) in [6.45, 7) is 0. The van der Waals surface area contributed by atoms with E-state index in [0.717, 1.165) is 0 Å². The third-order valence-electron chi connectivity index (χ3n) is 2.56. The molecule has 1 aromatic carbocycles. The number of thiocarbonyl (C=S) groups is 1. The predicted octanol–water partition coefficient (Wildman–Crippen LogP) is -0.0165. The Labute approximate surface area is 110 Å². The molecule has 0 saturated carbocycles. The fourth-order valence-electron chi connectivity index (χ4n) is 1.76. The molecule has 18 heavy (non-hydrogen) atoms. The van der Waals surface area contributed by atoms with Crippen LogP contribution >= 0.6 is 12.2 Å². The van der Waals surface area contributed by atoms with Gasteiger partial charge in [0.2, 0.25) is 0 Å². The molecule has 1 heterocycles. The van der Waals surface area contributed by atoms with Crippen LogP contribution in [0.4, 0.5) is 5.69 Å². The van der Waals surface area contributed by atoms with Gasteiger partial charge in [-0.2, -0.15) is 5.10 Å². The number of nitrogens with one attached hydrogen (secondary N) is 1. The van der Waals surface area contributed by atoms with E-state index in [1.54, 1.807) is 12.1 Å². The van der Waals surface area contributed by atoms with Crippen molar-refractivity contribution < 1.29 is 8.42 Å². The fraction of sp³-hybridized carbons (Fsp3) is 0.200. The largest absolute Gasteiger partial charge is 0.399 e. The smallest absolute Gasteiger partial charge is 0.184 e. The minimum atomic E-state index is -3.26. The number of hydrazone groups is 1. The molecule has 1 aliphatic rings. The summed E-state index contributed by atoms with van der Waals surface area (Å²) in [4.78, 5) is 0.242. The minimum Gasteiger partial charge on any atom is -0.399 e. The molecule has 0 aromatic heterocycles. The van der Waals surface area contributed by atoms with Gasteiger partial charge < -0.3 is 11.5 Å². The van der Waals surface area contributed by atoms with Crippen LogP contribution in [0.3, 0.4) is 0 Å². The van der Waals surface area contributed by atoms with Crippen molar-refractivity contribution in [2.75, 3.05) is 11.5 Å². The number of sulfone groups is 1. The van der Waals surface area contributed by atoms with Gasteiger partial charge in [-0.25, -0.2) is 8.42 Å². The molecule has 0 saturated heterocycles. The average molecular weight is 284 g/mol. The van der Waals surface area contributed by atoms with Crippen LogP contribution in [0.1, 0.15) is 12.0 Å². The number of anilines is 1. The molecule has 0 radical (unpaired) electrons. The Kier molecular flexibility index (Phi) is 3.22. The van der Waals surface area contributed by atoms with Crippen LogP contribution in [0, 0.1) is 0 Å². The molecule has 5 N–H and O–H groups in total. The number of nitrogens with zero attached hydrogens (tertiary/aromatic N) is 1. The maximum atomic E-state index is 11.9. The summed E-state index contributed by atoms with van der Waals surface area (Å²) in [5, 5.41) is 4.04. The van der Waals surface area contributed by atoms with Crippen LogP contribution in [0.25, 0.3) is 0 Å². The zero-order valence-electron chi connectivity index (χ0n) is 9.38. The number of fused-ring (bicyclic) bond motifs is 1. The third-order valence-corrected chi connectivity index (χ3v) is 4.42. The summed E-state index contributed by atoms with van der Waals surface area (Å²) in [5.74, 6) is 0.0156. The zero-order chi connectivity index (χ0) is 13.3. The Hall–Kier alpha value is -1.67. The van der Waals surface area contributed by atoms with Crippen LogP contribution in [0.5, 0.6) is 0 Å². The Balaban J connectivity index is 2.54. The number of nitrogens with two attached hydrogens (primary N) is 2. The van der Waals surface area contributed by atoms with Gasteiger partial charge in [-0.15, -0.1) is 0 Å². The molecule has 0 atom stereocenters. The lowest BCUT2D eigenvalue weighted by Crippen LogP contribution is -2.28. The van der Waals surface area contributed by atoms with Gasteiger partial charge in [0.15, 0.2) is 14.9 Å². The number of benzene rings is 1. The first kappa shape index (κ1) is 12.8. The molecule has 0 unspecified atom stereocenters. The Morgan fingerprint density at radius 2 is 2.17 bits per heavy atom. The van der Waals surface area contributed by atoms with Crippen molar-refractivity contribution in [3.05, 3.63) is 23.8 Å². The first-order chi connectivity index (χ1) is 8.40. The van der Waals surface area contributed by atoms with Gasteiger partial charge >= 0.3 is 0 Å². The van der Waals surface area contributed by atoms with Gasteiger partial charge in [-0.3, -0.25) is 5.43 Å². The topological polar surface area (TPSA) is 111 Å². The van der Waals surface area contributed by atoms with Crippen LogP contribution in [-0.4, -0.2) is 25.0 Å². The first-order valence-corrected chi connectivity index (χ1v) is 7.21. The van der Waals surface area contributed by atoms with Crippen molar-refractivity contribution in [2.24, 2.45) is 10.8 Å². The number of hydrogen-bond donors (Lipinski definition) is 3. The standard InChI is InChI=1S/C10H12N4O2S2/c11-6-1-2-9-7(5-6)8(13-14-10(12)17)3-4-18(9,15)16/h1-2,5H,3-4,11H2,(H3,12,14,17)/b13-8+. The van der Waals surface area contributed by atoms with E-state index in [0.29, 0.717) is 23.4 Å². The maximum absolute atomic E-state index is 11.9. The highest BCUT2D eigenvalue weighted by molar-refractivity contribution is 7.91. The van der Waals surface area contributed by atoms with Crippen LogP contribution in [0.15, 0.2) is 28.2 Å². The molecular formula is C10H12N4O2S2. The lowest BCUT2D eigenvalue weighted by Gasteiger charge is -2.18. The monoisotopic (exact) mass is 284 g/mol. The van der Waals surface area contributed by atoms with E-state index in [4.69, 9.17) is 11.5 Å². The van der Waals surface area contributed by atoms with Crippen molar-refractivity contribution in [3.8, 4) is 0 Å². The average Bonchev–Trinajstić information content (AvgIpc) is 2.27. The second-order valence-corrected chi connectivity index (χ2v) is 6.38. The Bertz CT molecular complexity index is 637. The molecule has 96 valence electrons. The molecule has 6 nitrogen and oxygen atoms in total. The summed E-state index contributed by atoms with van der Waals surface area (Å²) in [7, 11) is -3.26. The van der Waals surface area contributed by atoms with Gasteiger partial charge in [0.05, 0.1) is 16.4 Å². The molecule has 2 rings (SSSR count). The van der Waals surface area contributed by atoms with E-state index < -0.39 is 9.84 Å². The van der Waals surface area contributed by atoms with Gasteiger partial charge in [0, 0.05) is 17.7 Å². The highest BCUT2D eigenvalue weighted by atomic mass is 32.2. The molecule has 0 spiro atoms. The van der Waals surface area contributed by atoms with Crippen molar-refractivity contribution >= 4 is 38.6 Å². The highest BCUT2D eigenvalue weighted by Gasteiger charge is 2.27. The molecule has 8 heteroatoms. The normalized spacial score (nSPS) is 19.2. The van der Waals surface area contributed by atoms with Gasteiger partial charge in [0.1, 0.15) is 0 Å². The van der Waals surface area contributed by atoms with E-state index in [-0.39, 0.29) is 15.8 Å². The fourth-order valence-corrected chi connectivity index (χ4v) is 3.27. The lowest BCUT2D eigenvalue weighted by atomic mass is 10.1. The lowest BCUT2D eigenvalue weighted by molar-refractivity contribution is 0.594. The van der Waals surface area contributed by atoms with Gasteiger partial charge in [-0.05, 0) is 30.4 Å². The van der Waals surface area contributed by atoms with Crippen LogP contribution in [-0.2, 0) is 9.84 Å². The summed E-state index contributed by atoms with van der Waals surface area (Å²) < 4.78 is 23.8. The molecule has 0 amide bonds. The van der Waals surface area contributed by atoms with E-state index >= 15 is 0 Å². The van der Waals surface area contributed by atoms with Crippen molar-refractivity contribution in [1.29, 1.82) is 0 Å². The molecule has 0 aliphatic carbocycles. The number of nitrogen functional groups attached to an aromatic ring is 1. The quantitative estimate of drug-likeness (QED) is 0.380. The predicted molar refractivity (Wildman–Crippen MR) is 74.0 cm³/mol. The summed E-state index contributed by atoms with van der Waals surface area (Å²) >= 11 is 4.65. The first-order valence-electron chi connectivity index (χ1n) is 5.15. The zero-order valence-corrected chi connectivity index (χ0v) is 11.0.